The standard InChI is InChI=1S/C25H31N5O3/c1-18(31)15-26-12-4-7-19-8-6-14-29(16-19)17-23(32)30-22-11-3-2-9-20(22)25(33)28-21-10-5-13-27-24(21)30/h2-3,5,9-11,13,19,26H,4,6-8,12,14-17H2,1H3,(H,28,33). The molecule has 4 rings (SSSR count). The number of likely N-dealkylation sites (tertiary alicyclic amines) is 1. The minimum Gasteiger partial charge on any atom is -0.319 e. The number of para-hydroxylation sites is 1. The first-order valence-electron chi connectivity index (χ1n) is 11.6. The number of benzene rings is 1. The van der Waals surface area contributed by atoms with Crippen LogP contribution >= 0.6 is 0 Å². The van der Waals surface area contributed by atoms with Crippen molar-refractivity contribution in [2.75, 3.05) is 42.9 Å². The van der Waals surface area contributed by atoms with Crippen molar-refractivity contribution in [3.05, 3.63) is 48.2 Å². The average molecular weight is 450 g/mol. The molecule has 0 saturated carbocycles. The molecule has 2 aromatic rings. The molecule has 1 saturated heterocycles. The predicted molar refractivity (Wildman–Crippen MR) is 128 cm³/mol. The van der Waals surface area contributed by atoms with E-state index < -0.39 is 0 Å². The van der Waals surface area contributed by atoms with Gasteiger partial charge in [-0.05, 0) is 75.9 Å². The molecule has 0 radical (unpaired) electrons. The molecule has 3 heterocycles. The van der Waals surface area contributed by atoms with Gasteiger partial charge in [-0.3, -0.25) is 24.2 Å². The van der Waals surface area contributed by atoms with Crippen LogP contribution < -0.4 is 15.5 Å². The number of pyridine rings is 1. The molecule has 1 aromatic heterocycles. The van der Waals surface area contributed by atoms with Crippen molar-refractivity contribution in [1.82, 2.24) is 15.2 Å². The summed E-state index contributed by atoms with van der Waals surface area (Å²) >= 11 is 0. The zero-order valence-corrected chi connectivity index (χ0v) is 19.0. The summed E-state index contributed by atoms with van der Waals surface area (Å²) in [5.74, 6) is 0.802. The molecule has 0 spiro atoms. The summed E-state index contributed by atoms with van der Waals surface area (Å²) in [5.41, 5.74) is 1.54. The summed E-state index contributed by atoms with van der Waals surface area (Å²) < 4.78 is 0. The Hall–Kier alpha value is -3.10. The van der Waals surface area contributed by atoms with Crippen LogP contribution in [-0.2, 0) is 9.59 Å². The molecule has 1 unspecified atom stereocenters. The first kappa shape index (κ1) is 23.1. The van der Waals surface area contributed by atoms with E-state index in [1.807, 2.05) is 6.07 Å². The number of carbonyl (C=O) groups is 3. The molecule has 8 nitrogen and oxygen atoms in total. The maximum Gasteiger partial charge on any atom is 0.257 e. The lowest BCUT2D eigenvalue weighted by atomic mass is 9.93. The van der Waals surface area contributed by atoms with Crippen molar-refractivity contribution in [3.8, 4) is 0 Å². The number of nitrogens with one attached hydrogen (secondary N) is 2. The Morgan fingerprint density at radius 1 is 1.21 bits per heavy atom. The predicted octanol–water partition coefficient (Wildman–Crippen LogP) is 2.98. The lowest BCUT2D eigenvalue weighted by molar-refractivity contribution is -0.119. The van der Waals surface area contributed by atoms with Gasteiger partial charge in [-0.15, -0.1) is 0 Å². The Balaban J connectivity index is 1.44. The number of hydrogen-bond acceptors (Lipinski definition) is 6. The van der Waals surface area contributed by atoms with Crippen molar-refractivity contribution in [3.63, 3.8) is 0 Å². The van der Waals surface area contributed by atoms with Crippen LogP contribution in [0.25, 0.3) is 0 Å². The molecule has 0 bridgehead atoms. The smallest absolute Gasteiger partial charge is 0.257 e. The maximum atomic E-state index is 13.6. The van der Waals surface area contributed by atoms with Gasteiger partial charge in [0.1, 0.15) is 5.78 Å². The Kier molecular flexibility index (Phi) is 7.47. The van der Waals surface area contributed by atoms with Gasteiger partial charge in [0.05, 0.1) is 30.0 Å². The van der Waals surface area contributed by atoms with E-state index in [0.29, 0.717) is 35.2 Å². The van der Waals surface area contributed by atoms with Gasteiger partial charge in [-0.25, -0.2) is 4.98 Å². The quantitative estimate of drug-likeness (QED) is 0.602. The molecule has 8 heteroatoms. The first-order valence-corrected chi connectivity index (χ1v) is 11.6. The molecule has 174 valence electrons. The number of amides is 2. The molecule has 1 fully saturated rings. The molecule has 2 N–H and O–H groups in total. The van der Waals surface area contributed by atoms with E-state index in [2.05, 4.69) is 20.5 Å². The summed E-state index contributed by atoms with van der Waals surface area (Å²) in [7, 11) is 0. The number of ketones is 1. The molecule has 1 aromatic carbocycles. The van der Waals surface area contributed by atoms with E-state index in [-0.39, 0.29) is 24.1 Å². The Labute approximate surface area is 194 Å². The Bertz CT molecular complexity index is 1020. The normalized spacial score (nSPS) is 18.2. The van der Waals surface area contributed by atoms with Crippen LogP contribution in [0.1, 0.15) is 43.0 Å². The Morgan fingerprint density at radius 2 is 2.06 bits per heavy atom. The van der Waals surface area contributed by atoms with Gasteiger partial charge >= 0.3 is 0 Å². The highest BCUT2D eigenvalue weighted by Crippen LogP contribution is 2.36. The number of hydrogen-bond donors (Lipinski definition) is 2. The van der Waals surface area contributed by atoms with Gasteiger partial charge in [0.15, 0.2) is 5.82 Å². The highest BCUT2D eigenvalue weighted by Gasteiger charge is 2.31. The fourth-order valence-corrected chi connectivity index (χ4v) is 4.66. The van der Waals surface area contributed by atoms with Crippen molar-refractivity contribution in [2.45, 2.75) is 32.6 Å². The van der Waals surface area contributed by atoms with Crippen molar-refractivity contribution in [2.24, 2.45) is 5.92 Å². The molecular weight excluding hydrogens is 418 g/mol. The van der Waals surface area contributed by atoms with Crippen LogP contribution in [0.3, 0.4) is 0 Å². The highest BCUT2D eigenvalue weighted by atomic mass is 16.2. The third-order valence-electron chi connectivity index (χ3n) is 6.19. The van der Waals surface area contributed by atoms with Gasteiger partial charge in [0.25, 0.3) is 5.91 Å². The number of fused-ring (bicyclic) bond motifs is 2. The van der Waals surface area contributed by atoms with E-state index in [4.69, 9.17) is 0 Å². The van der Waals surface area contributed by atoms with Crippen LogP contribution in [0.5, 0.6) is 0 Å². The minimum atomic E-state index is -0.244. The van der Waals surface area contributed by atoms with Crippen LogP contribution in [0, 0.1) is 5.92 Å². The monoisotopic (exact) mass is 449 g/mol. The highest BCUT2D eigenvalue weighted by molar-refractivity contribution is 6.17. The van der Waals surface area contributed by atoms with Gasteiger partial charge in [-0.1, -0.05) is 12.1 Å². The molecular formula is C25H31N5O3. The lowest BCUT2D eigenvalue weighted by Gasteiger charge is -2.34. The number of carbonyl (C=O) groups excluding carboxylic acids is 3. The maximum absolute atomic E-state index is 13.6. The van der Waals surface area contributed by atoms with Gasteiger partial charge in [-0.2, -0.15) is 0 Å². The van der Waals surface area contributed by atoms with Crippen molar-refractivity contribution < 1.29 is 14.4 Å². The number of Topliss-reactive ketones (excluding diaryl/α,β-unsaturated/α-hetero) is 1. The van der Waals surface area contributed by atoms with E-state index in [1.54, 1.807) is 48.4 Å². The van der Waals surface area contributed by atoms with Gasteiger partial charge in [0, 0.05) is 12.7 Å². The summed E-state index contributed by atoms with van der Waals surface area (Å²) in [5, 5.41) is 6.05. The zero-order valence-electron chi connectivity index (χ0n) is 19.0. The SMILES string of the molecule is CC(=O)CNCCCC1CCCN(CC(=O)N2c3ccccc3C(=O)Nc3cccnc32)C1. The average Bonchev–Trinajstić information content (AvgIpc) is 2.93. The molecule has 2 amide bonds. The summed E-state index contributed by atoms with van der Waals surface area (Å²) in [6.07, 6.45) is 5.95. The second-order valence-electron chi connectivity index (χ2n) is 8.84. The number of rotatable bonds is 8. The second-order valence-corrected chi connectivity index (χ2v) is 8.84. The fourth-order valence-electron chi connectivity index (χ4n) is 4.66. The number of aromatic nitrogens is 1. The van der Waals surface area contributed by atoms with Crippen molar-refractivity contribution in [1.29, 1.82) is 0 Å². The van der Waals surface area contributed by atoms with E-state index in [1.165, 1.54) is 0 Å². The molecule has 1 atom stereocenters. The van der Waals surface area contributed by atoms with Crippen LogP contribution in [-0.4, -0.2) is 60.2 Å². The topological polar surface area (TPSA) is 94.6 Å². The van der Waals surface area contributed by atoms with Crippen LogP contribution in [0.2, 0.25) is 0 Å². The molecule has 2 aliphatic heterocycles. The first-order chi connectivity index (χ1) is 16.0. The molecule has 2 aliphatic rings. The third-order valence-corrected chi connectivity index (χ3v) is 6.19. The van der Waals surface area contributed by atoms with Crippen molar-refractivity contribution >= 4 is 34.8 Å². The van der Waals surface area contributed by atoms with Crippen LogP contribution in [0.15, 0.2) is 42.6 Å². The van der Waals surface area contributed by atoms with E-state index in [9.17, 15) is 14.4 Å². The third kappa shape index (κ3) is 5.64. The summed E-state index contributed by atoms with van der Waals surface area (Å²) in [6, 6.07) is 10.7. The van der Waals surface area contributed by atoms with E-state index >= 15 is 0 Å². The minimum absolute atomic E-state index is 0.0947. The number of anilines is 3. The zero-order chi connectivity index (χ0) is 23.2. The lowest BCUT2D eigenvalue weighted by Crippen LogP contribution is -2.43. The molecule has 0 aliphatic carbocycles. The van der Waals surface area contributed by atoms with Gasteiger partial charge < -0.3 is 10.6 Å². The van der Waals surface area contributed by atoms with Gasteiger partial charge in [0.2, 0.25) is 5.91 Å². The van der Waals surface area contributed by atoms with Crippen LogP contribution in [0.4, 0.5) is 17.2 Å². The number of piperidine rings is 1. The molecule has 33 heavy (non-hydrogen) atoms. The fraction of sp³-hybridized carbons (Fsp3) is 0.440. The second kappa shape index (κ2) is 10.7. The largest absolute Gasteiger partial charge is 0.319 e. The number of nitrogens with zero attached hydrogens (tertiary/aromatic N) is 3. The van der Waals surface area contributed by atoms with E-state index in [0.717, 1.165) is 45.3 Å². The summed E-state index contributed by atoms with van der Waals surface area (Å²) in [6.45, 7) is 4.88. The summed E-state index contributed by atoms with van der Waals surface area (Å²) in [4.78, 5) is 45.6. The Morgan fingerprint density at radius 3 is 2.91 bits per heavy atom.